The van der Waals surface area contributed by atoms with Crippen molar-refractivity contribution < 1.29 is 50.9 Å². The van der Waals surface area contributed by atoms with Crippen molar-refractivity contribution >= 4 is 35.0 Å². The summed E-state index contributed by atoms with van der Waals surface area (Å²) in [6, 6.07) is 6.01. The van der Waals surface area contributed by atoms with Crippen LogP contribution in [0.4, 0.5) is 32.2 Å². The summed E-state index contributed by atoms with van der Waals surface area (Å²) in [6.07, 6.45) is -4.49. The molecule has 2 fully saturated rings. The highest BCUT2D eigenvalue weighted by molar-refractivity contribution is 7.09. The fourth-order valence-corrected chi connectivity index (χ4v) is 5.35. The van der Waals surface area contributed by atoms with Gasteiger partial charge >= 0.3 is 24.3 Å². The van der Waals surface area contributed by atoms with Gasteiger partial charge in [0.15, 0.2) is 0 Å². The summed E-state index contributed by atoms with van der Waals surface area (Å²) in [4.78, 5) is 46.7. The van der Waals surface area contributed by atoms with Crippen LogP contribution in [0.2, 0.25) is 0 Å². The molecule has 0 saturated carbocycles. The lowest BCUT2D eigenvalue weighted by atomic mass is 9.74. The molecule has 4 heterocycles. The molecule has 4 rings (SSSR count). The Balaban J connectivity index is 0.000000349. The molecule has 228 valence electrons. The third-order valence-corrected chi connectivity index (χ3v) is 7.17. The summed E-state index contributed by atoms with van der Waals surface area (Å²) in [7, 11) is 3.77. The van der Waals surface area contributed by atoms with E-state index in [1.54, 1.807) is 16.2 Å². The average Bonchev–Trinajstić information content (AvgIpc) is 3.48. The fourth-order valence-electron chi connectivity index (χ4n) is 4.69. The Morgan fingerprint density at radius 2 is 1.63 bits per heavy atom. The Morgan fingerprint density at radius 3 is 2.10 bits per heavy atom. The first-order valence-corrected chi connectivity index (χ1v) is 12.9. The third kappa shape index (κ3) is 9.55. The maximum absolute atomic E-state index is 13.3. The van der Waals surface area contributed by atoms with Gasteiger partial charge in [-0.05, 0) is 31.5 Å². The number of amides is 1. The van der Waals surface area contributed by atoms with Crippen LogP contribution in [0.15, 0.2) is 36.0 Å². The normalized spacial score (nSPS) is 20.9. The first-order valence-electron chi connectivity index (χ1n) is 12.1. The van der Waals surface area contributed by atoms with E-state index in [-0.39, 0.29) is 11.3 Å². The molecule has 2 atom stereocenters. The van der Waals surface area contributed by atoms with E-state index >= 15 is 0 Å². The maximum Gasteiger partial charge on any atom is 0.490 e. The van der Waals surface area contributed by atoms with Crippen molar-refractivity contribution in [2.75, 3.05) is 45.2 Å². The molecular formula is C24H29F6N5O5S. The number of pyridine rings is 1. The predicted octanol–water partition coefficient (Wildman–Crippen LogP) is 3.61. The Kier molecular flexibility index (Phi) is 11.5. The van der Waals surface area contributed by atoms with E-state index in [4.69, 9.17) is 19.8 Å². The highest BCUT2D eigenvalue weighted by Crippen LogP contribution is 2.45. The Bertz CT molecular complexity index is 1130. The minimum atomic E-state index is -5.08. The summed E-state index contributed by atoms with van der Waals surface area (Å²) in [5.74, 6) is -3.97. The molecule has 0 spiro atoms. The SMILES string of the molecule is CN(C)C(=O)[C@]12CCCN(Cc3nccs3)C[C@H]1CN(c1ccccn1)C2.O=C(O)C(F)(F)F.O=C(O)C(F)(F)F. The van der Waals surface area contributed by atoms with E-state index in [2.05, 4.69) is 19.8 Å². The Morgan fingerprint density at radius 1 is 1.02 bits per heavy atom. The van der Waals surface area contributed by atoms with Crippen LogP contribution in [0.1, 0.15) is 17.8 Å². The zero-order valence-electron chi connectivity index (χ0n) is 22.0. The molecule has 2 aliphatic heterocycles. The minimum absolute atomic E-state index is 0.266. The summed E-state index contributed by atoms with van der Waals surface area (Å²) in [5.41, 5.74) is -0.321. The van der Waals surface area contributed by atoms with Gasteiger partial charge in [0.05, 0.1) is 12.0 Å². The van der Waals surface area contributed by atoms with E-state index in [1.165, 1.54) is 0 Å². The second-order valence-corrected chi connectivity index (χ2v) is 10.5. The molecule has 0 aromatic carbocycles. The lowest BCUT2D eigenvalue weighted by Crippen LogP contribution is -2.47. The maximum atomic E-state index is 13.3. The van der Waals surface area contributed by atoms with Crippen LogP contribution in [0.5, 0.6) is 0 Å². The molecule has 2 N–H and O–H groups in total. The van der Waals surface area contributed by atoms with Crippen LogP contribution in [0.3, 0.4) is 0 Å². The molecular weight excluding hydrogens is 584 g/mol. The van der Waals surface area contributed by atoms with Crippen molar-refractivity contribution in [2.24, 2.45) is 11.3 Å². The number of aromatic nitrogens is 2. The van der Waals surface area contributed by atoms with E-state index in [1.807, 2.05) is 50.1 Å². The first-order chi connectivity index (χ1) is 19.0. The lowest BCUT2D eigenvalue weighted by Gasteiger charge is -2.34. The quantitative estimate of drug-likeness (QED) is 0.498. The number of carboxylic acids is 2. The van der Waals surface area contributed by atoms with Crippen molar-refractivity contribution in [2.45, 2.75) is 31.7 Å². The van der Waals surface area contributed by atoms with E-state index in [0.717, 1.165) is 56.4 Å². The molecule has 0 radical (unpaired) electrons. The number of aliphatic carboxylic acids is 2. The number of thiazole rings is 1. The Hall–Kier alpha value is -3.47. The van der Waals surface area contributed by atoms with Crippen LogP contribution < -0.4 is 4.90 Å². The topological polar surface area (TPSA) is 127 Å². The molecule has 0 bridgehead atoms. The van der Waals surface area contributed by atoms with Gasteiger partial charge in [0.1, 0.15) is 10.8 Å². The van der Waals surface area contributed by atoms with Crippen LogP contribution in [-0.4, -0.2) is 100 Å². The second-order valence-electron chi connectivity index (χ2n) is 9.49. The first kappa shape index (κ1) is 33.7. The molecule has 0 unspecified atom stereocenters. The smallest absolute Gasteiger partial charge is 0.475 e. The van der Waals surface area contributed by atoms with Gasteiger partial charge in [0.25, 0.3) is 0 Å². The standard InChI is InChI=1S/C20H27N5OS.2C2HF3O2/c1-23(2)19(26)20-7-5-10-24(14-18-22-9-11-27-18)12-16(20)13-25(15-20)17-6-3-4-8-21-17;2*3-2(4,5)1(6)7/h3-4,6,8-9,11,16H,5,7,10,12-15H2,1-2H3;2*(H,6,7)/t16-,20-;;/m0../s1. The monoisotopic (exact) mass is 613 g/mol. The molecule has 2 aromatic rings. The number of carbonyl (C=O) groups excluding carboxylic acids is 1. The fraction of sp³-hybridized carbons (Fsp3) is 0.542. The molecule has 2 aliphatic rings. The molecule has 1 amide bonds. The third-order valence-electron chi connectivity index (χ3n) is 6.40. The number of hydrogen-bond acceptors (Lipinski definition) is 8. The number of likely N-dealkylation sites (tertiary alicyclic amines) is 1. The van der Waals surface area contributed by atoms with E-state index in [0.29, 0.717) is 5.92 Å². The van der Waals surface area contributed by atoms with Crippen molar-refractivity contribution in [1.29, 1.82) is 0 Å². The summed E-state index contributed by atoms with van der Waals surface area (Å²) in [6.45, 7) is 4.48. The van der Waals surface area contributed by atoms with Crippen LogP contribution >= 0.6 is 11.3 Å². The van der Waals surface area contributed by atoms with Gasteiger partial charge in [-0.2, -0.15) is 26.3 Å². The summed E-state index contributed by atoms with van der Waals surface area (Å²) >= 11 is 1.71. The summed E-state index contributed by atoms with van der Waals surface area (Å²) in [5, 5.41) is 17.4. The van der Waals surface area contributed by atoms with Crippen molar-refractivity contribution in [3.05, 3.63) is 41.0 Å². The Labute approximate surface area is 235 Å². The molecule has 17 heteroatoms. The molecule has 0 aliphatic carbocycles. The number of carboxylic acid groups (broad SMARTS) is 2. The second kappa shape index (κ2) is 13.9. The van der Waals surface area contributed by atoms with Gasteiger partial charge in [-0.3, -0.25) is 9.69 Å². The minimum Gasteiger partial charge on any atom is -0.475 e. The highest BCUT2D eigenvalue weighted by Gasteiger charge is 2.53. The number of alkyl halides is 6. The number of anilines is 1. The zero-order valence-corrected chi connectivity index (χ0v) is 22.8. The highest BCUT2D eigenvalue weighted by atomic mass is 32.1. The lowest BCUT2D eigenvalue weighted by molar-refractivity contribution is -0.193. The zero-order chi connectivity index (χ0) is 31.0. The van der Waals surface area contributed by atoms with E-state index < -0.39 is 24.3 Å². The number of halogens is 6. The number of carbonyl (C=O) groups is 3. The van der Waals surface area contributed by atoms with Gasteiger partial charge in [-0.25, -0.2) is 19.6 Å². The largest absolute Gasteiger partial charge is 0.490 e. The van der Waals surface area contributed by atoms with Gasteiger partial charge in [-0.1, -0.05) is 6.07 Å². The molecule has 2 saturated heterocycles. The number of hydrogen-bond donors (Lipinski definition) is 2. The number of rotatable bonds is 4. The molecule has 10 nitrogen and oxygen atoms in total. The van der Waals surface area contributed by atoms with Gasteiger partial charge in [0.2, 0.25) is 5.91 Å². The number of nitrogens with zero attached hydrogens (tertiary/aromatic N) is 5. The summed E-state index contributed by atoms with van der Waals surface area (Å²) < 4.78 is 63.5. The van der Waals surface area contributed by atoms with Gasteiger partial charge < -0.3 is 20.0 Å². The average molecular weight is 614 g/mol. The predicted molar refractivity (Wildman–Crippen MR) is 135 cm³/mol. The molecule has 41 heavy (non-hydrogen) atoms. The van der Waals surface area contributed by atoms with Crippen LogP contribution in [-0.2, 0) is 20.9 Å². The van der Waals surface area contributed by atoms with Crippen LogP contribution in [0.25, 0.3) is 0 Å². The van der Waals surface area contributed by atoms with Gasteiger partial charge in [0, 0.05) is 57.4 Å². The number of fused-ring (bicyclic) bond motifs is 1. The van der Waals surface area contributed by atoms with E-state index in [9.17, 15) is 31.1 Å². The van der Waals surface area contributed by atoms with Crippen molar-refractivity contribution in [3.63, 3.8) is 0 Å². The van der Waals surface area contributed by atoms with Crippen molar-refractivity contribution in [3.8, 4) is 0 Å². The van der Waals surface area contributed by atoms with Crippen LogP contribution in [0, 0.1) is 11.3 Å². The van der Waals surface area contributed by atoms with Gasteiger partial charge in [-0.15, -0.1) is 11.3 Å². The van der Waals surface area contributed by atoms with Crippen molar-refractivity contribution in [1.82, 2.24) is 19.8 Å². The molecule has 2 aromatic heterocycles.